The third-order valence-corrected chi connectivity index (χ3v) is 5.19. The number of carbonyl (C=O) groups excluding carboxylic acids is 1. The standard InChI is InChI=1S/C18H17N3O2S/c22-14-8-9-21(11-14)18(23)19-13-5-3-4-12(10-13)17-20-15-6-1-2-7-16(15)24-17/h1-7,10,14,22H,8-9,11H2,(H,19,23)/t14-/m0/s1. The molecule has 2 amide bonds. The second-order valence-electron chi connectivity index (χ2n) is 5.89. The first-order chi connectivity index (χ1) is 11.7. The first-order valence-corrected chi connectivity index (χ1v) is 8.71. The SMILES string of the molecule is O=C(Nc1cccc(-c2nc3ccccc3s2)c1)N1CC[C@H](O)C1. The van der Waals surface area contributed by atoms with Gasteiger partial charge in [-0.15, -0.1) is 11.3 Å². The Labute approximate surface area is 143 Å². The zero-order chi connectivity index (χ0) is 16.5. The molecule has 1 atom stereocenters. The number of anilines is 1. The van der Waals surface area contributed by atoms with Gasteiger partial charge in [-0.25, -0.2) is 9.78 Å². The average Bonchev–Trinajstić information content (AvgIpc) is 3.21. The first-order valence-electron chi connectivity index (χ1n) is 7.89. The van der Waals surface area contributed by atoms with Crippen LogP contribution in [-0.4, -0.2) is 40.2 Å². The third-order valence-electron chi connectivity index (χ3n) is 4.11. The summed E-state index contributed by atoms with van der Waals surface area (Å²) in [6.45, 7) is 0.980. The fourth-order valence-electron chi connectivity index (χ4n) is 2.85. The normalized spacial score (nSPS) is 17.4. The number of thiazole rings is 1. The van der Waals surface area contributed by atoms with Gasteiger partial charge in [0.15, 0.2) is 0 Å². The Morgan fingerprint density at radius 1 is 1.25 bits per heavy atom. The van der Waals surface area contributed by atoms with E-state index in [0.29, 0.717) is 19.5 Å². The lowest BCUT2D eigenvalue weighted by molar-refractivity contribution is 0.176. The Kier molecular flexibility index (Phi) is 3.92. The molecule has 1 aliphatic rings. The molecule has 3 aromatic rings. The number of urea groups is 1. The predicted octanol–water partition coefficient (Wildman–Crippen LogP) is 3.56. The summed E-state index contributed by atoms with van der Waals surface area (Å²) < 4.78 is 1.15. The molecule has 0 spiro atoms. The van der Waals surface area contributed by atoms with Gasteiger partial charge in [0.1, 0.15) is 5.01 Å². The van der Waals surface area contributed by atoms with Crippen LogP contribution in [0, 0.1) is 0 Å². The van der Waals surface area contributed by atoms with Crippen LogP contribution < -0.4 is 5.32 Å². The van der Waals surface area contributed by atoms with Gasteiger partial charge in [0.05, 0.1) is 16.3 Å². The Bertz CT molecular complexity index is 860. The van der Waals surface area contributed by atoms with Crippen molar-refractivity contribution < 1.29 is 9.90 Å². The maximum absolute atomic E-state index is 12.2. The maximum Gasteiger partial charge on any atom is 0.321 e. The summed E-state index contributed by atoms with van der Waals surface area (Å²) in [4.78, 5) is 18.5. The largest absolute Gasteiger partial charge is 0.391 e. The number of aliphatic hydroxyl groups excluding tert-OH is 1. The number of fused-ring (bicyclic) bond motifs is 1. The monoisotopic (exact) mass is 339 g/mol. The third kappa shape index (κ3) is 2.98. The minimum absolute atomic E-state index is 0.173. The number of nitrogens with zero attached hydrogens (tertiary/aromatic N) is 2. The highest BCUT2D eigenvalue weighted by Crippen LogP contribution is 2.31. The molecule has 0 saturated carbocycles. The van der Waals surface area contributed by atoms with Crippen molar-refractivity contribution in [2.24, 2.45) is 0 Å². The van der Waals surface area contributed by atoms with Crippen molar-refractivity contribution in [2.45, 2.75) is 12.5 Å². The quantitative estimate of drug-likeness (QED) is 0.750. The van der Waals surface area contributed by atoms with Gasteiger partial charge in [0, 0.05) is 24.3 Å². The van der Waals surface area contributed by atoms with Crippen LogP contribution in [-0.2, 0) is 0 Å². The zero-order valence-electron chi connectivity index (χ0n) is 13.0. The Hall–Kier alpha value is -2.44. The van der Waals surface area contributed by atoms with Gasteiger partial charge in [-0.05, 0) is 30.7 Å². The first kappa shape index (κ1) is 15.1. The lowest BCUT2D eigenvalue weighted by Crippen LogP contribution is -2.33. The highest BCUT2D eigenvalue weighted by Gasteiger charge is 2.24. The van der Waals surface area contributed by atoms with Crippen LogP contribution in [0.1, 0.15) is 6.42 Å². The van der Waals surface area contributed by atoms with Crippen LogP contribution in [0.3, 0.4) is 0 Å². The van der Waals surface area contributed by atoms with Crippen LogP contribution in [0.4, 0.5) is 10.5 Å². The molecule has 4 rings (SSSR count). The van der Waals surface area contributed by atoms with Crippen molar-refractivity contribution in [2.75, 3.05) is 18.4 Å². The predicted molar refractivity (Wildman–Crippen MR) is 96.3 cm³/mol. The number of likely N-dealkylation sites (tertiary alicyclic amines) is 1. The second-order valence-corrected chi connectivity index (χ2v) is 6.92. The van der Waals surface area contributed by atoms with E-state index < -0.39 is 6.10 Å². The van der Waals surface area contributed by atoms with Gasteiger partial charge in [0.2, 0.25) is 0 Å². The van der Waals surface area contributed by atoms with Gasteiger partial charge in [-0.2, -0.15) is 0 Å². The van der Waals surface area contributed by atoms with Crippen LogP contribution in [0.5, 0.6) is 0 Å². The molecule has 0 radical (unpaired) electrons. The Morgan fingerprint density at radius 3 is 2.92 bits per heavy atom. The summed E-state index contributed by atoms with van der Waals surface area (Å²) >= 11 is 1.64. The smallest absolute Gasteiger partial charge is 0.321 e. The molecule has 1 saturated heterocycles. The molecule has 2 aromatic carbocycles. The number of hydrogen-bond donors (Lipinski definition) is 2. The molecule has 0 bridgehead atoms. The lowest BCUT2D eigenvalue weighted by Gasteiger charge is -2.16. The lowest BCUT2D eigenvalue weighted by atomic mass is 10.2. The minimum atomic E-state index is -0.412. The molecule has 2 N–H and O–H groups in total. The average molecular weight is 339 g/mol. The Balaban J connectivity index is 1.56. The molecule has 122 valence electrons. The zero-order valence-corrected chi connectivity index (χ0v) is 13.8. The molecule has 1 fully saturated rings. The molecular weight excluding hydrogens is 322 g/mol. The Morgan fingerprint density at radius 2 is 2.12 bits per heavy atom. The number of hydrogen-bond acceptors (Lipinski definition) is 4. The van der Waals surface area contributed by atoms with Gasteiger partial charge in [-0.3, -0.25) is 0 Å². The van der Waals surface area contributed by atoms with E-state index in [1.54, 1.807) is 16.2 Å². The number of amides is 2. The number of carbonyl (C=O) groups is 1. The van der Waals surface area contributed by atoms with Crippen molar-refractivity contribution in [3.05, 3.63) is 48.5 Å². The van der Waals surface area contributed by atoms with Gasteiger partial charge in [0.25, 0.3) is 0 Å². The summed E-state index contributed by atoms with van der Waals surface area (Å²) in [6.07, 6.45) is 0.226. The molecular formula is C18H17N3O2S. The number of aromatic nitrogens is 1. The van der Waals surface area contributed by atoms with E-state index >= 15 is 0 Å². The van der Waals surface area contributed by atoms with Gasteiger partial charge in [-0.1, -0.05) is 24.3 Å². The van der Waals surface area contributed by atoms with E-state index in [-0.39, 0.29) is 6.03 Å². The van der Waals surface area contributed by atoms with Crippen LogP contribution in [0.2, 0.25) is 0 Å². The van der Waals surface area contributed by atoms with Crippen molar-refractivity contribution in [3.8, 4) is 10.6 Å². The van der Waals surface area contributed by atoms with Crippen molar-refractivity contribution in [1.82, 2.24) is 9.88 Å². The highest BCUT2D eigenvalue weighted by atomic mass is 32.1. The molecule has 0 unspecified atom stereocenters. The molecule has 5 nitrogen and oxygen atoms in total. The molecule has 0 aliphatic carbocycles. The van der Waals surface area contributed by atoms with E-state index in [2.05, 4.69) is 16.4 Å². The van der Waals surface area contributed by atoms with E-state index in [0.717, 1.165) is 26.5 Å². The van der Waals surface area contributed by atoms with Crippen molar-refractivity contribution >= 4 is 33.3 Å². The number of rotatable bonds is 2. The highest BCUT2D eigenvalue weighted by molar-refractivity contribution is 7.21. The molecule has 1 aliphatic heterocycles. The van der Waals surface area contributed by atoms with E-state index in [4.69, 9.17) is 0 Å². The topological polar surface area (TPSA) is 65.5 Å². The number of β-amino-alcohol motifs (C(OH)–C–C–N with tert-alkyl or cyclic N) is 1. The summed E-state index contributed by atoms with van der Waals surface area (Å²) in [5, 5.41) is 13.4. The fraction of sp³-hybridized carbons (Fsp3) is 0.222. The number of benzene rings is 2. The molecule has 1 aromatic heterocycles. The summed E-state index contributed by atoms with van der Waals surface area (Å²) in [7, 11) is 0. The van der Waals surface area contributed by atoms with E-state index in [1.165, 1.54) is 0 Å². The molecule has 6 heteroatoms. The number of aliphatic hydroxyl groups is 1. The van der Waals surface area contributed by atoms with Crippen LogP contribution >= 0.6 is 11.3 Å². The van der Waals surface area contributed by atoms with Crippen molar-refractivity contribution in [1.29, 1.82) is 0 Å². The maximum atomic E-state index is 12.2. The van der Waals surface area contributed by atoms with E-state index in [1.807, 2.05) is 42.5 Å². The van der Waals surface area contributed by atoms with Crippen LogP contribution in [0.25, 0.3) is 20.8 Å². The summed E-state index contributed by atoms with van der Waals surface area (Å²) in [5.74, 6) is 0. The van der Waals surface area contributed by atoms with Gasteiger partial charge < -0.3 is 15.3 Å². The molecule has 24 heavy (non-hydrogen) atoms. The second kappa shape index (κ2) is 6.22. The summed E-state index contributed by atoms with van der Waals surface area (Å²) in [5.41, 5.74) is 2.70. The fourth-order valence-corrected chi connectivity index (χ4v) is 3.82. The number of para-hydroxylation sites is 1. The number of nitrogens with one attached hydrogen (secondary N) is 1. The van der Waals surface area contributed by atoms with Crippen molar-refractivity contribution in [3.63, 3.8) is 0 Å². The minimum Gasteiger partial charge on any atom is -0.391 e. The van der Waals surface area contributed by atoms with Crippen LogP contribution in [0.15, 0.2) is 48.5 Å². The summed E-state index contributed by atoms with van der Waals surface area (Å²) in [6, 6.07) is 15.6. The van der Waals surface area contributed by atoms with Gasteiger partial charge >= 0.3 is 6.03 Å². The van der Waals surface area contributed by atoms with E-state index in [9.17, 15) is 9.90 Å². The molecule has 2 heterocycles.